The molecule has 1 heterocycles. The Morgan fingerprint density at radius 2 is 1.88 bits per heavy atom. The largest absolute Gasteiger partial charge is 0.433 e. The standard InChI is InChI=1S/C18H20BrN3O4/c19-14(6-15-1-2-16(26-15)22(24)25)10-20-21-17(23)18-7-11-3-12(8-18)5-13(4-11)9-18/h1-2,6,10-13H,3-5,7-9H2,(H,21,23)/b14-6-,20-10+. The van der Waals surface area contributed by atoms with Crippen molar-refractivity contribution in [2.45, 2.75) is 38.5 Å². The van der Waals surface area contributed by atoms with Crippen molar-refractivity contribution < 1.29 is 14.1 Å². The monoisotopic (exact) mass is 421 g/mol. The van der Waals surface area contributed by atoms with E-state index in [9.17, 15) is 14.9 Å². The molecule has 5 rings (SSSR count). The number of allylic oxidation sites excluding steroid dienone is 1. The van der Waals surface area contributed by atoms with E-state index in [-0.39, 0.29) is 17.2 Å². The molecule has 0 aromatic carbocycles. The summed E-state index contributed by atoms with van der Waals surface area (Å²) in [6.07, 6.45) is 9.88. The Morgan fingerprint density at radius 3 is 2.42 bits per heavy atom. The molecular weight excluding hydrogens is 402 g/mol. The first-order valence-electron chi connectivity index (χ1n) is 8.88. The number of carbonyl (C=O) groups is 1. The molecule has 1 amide bonds. The van der Waals surface area contributed by atoms with Crippen LogP contribution in [0.2, 0.25) is 0 Å². The van der Waals surface area contributed by atoms with E-state index in [0.717, 1.165) is 19.3 Å². The second-order valence-corrected chi connectivity index (χ2v) is 8.78. The molecule has 0 unspecified atom stereocenters. The zero-order valence-corrected chi connectivity index (χ0v) is 15.8. The number of hydrogen-bond acceptors (Lipinski definition) is 5. The van der Waals surface area contributed by atoms with Gasteiger partial charge in [-0.05, 0) is 84.4 Å². The van der Waals surface area contributed by atoms with Gasteiger partial charge in [0.2, 0.25) is 5.91 Å². The van der Waals surface area contributed by atoms with E-state index in [4.69, 9.17) is 4.42 Å². The van der Waals surface area contributed by atoms with E-state index in [2.05, 4.69) is 26.5 Å². The predicted molar refractivity (Wildman–Crippen MR) is 99.5 cm³/mol. The van der Waals surface area contributed by atoms with Crippen molar-refractivity contribution in [2.24, 2.45) is 28.3 Å². The zero-order chi connectivity index (χ0) is 18.3. The lowest BCUT2D eigenvalue weighted by Gasteiger charge is -2.55. The average Bonchev–Trinajstić information content (AvgIpc) is 3.02. The Balaban J connectivity index is 1.38. The normalized spacial score (nSPS) is 33.0. The van der Waals surface area contributed by atoms with Gasteiger partial charge in [-0.2, -0.15) is 5.10 Å². The van der Waals surface area contributed by atoms with E-state index in [1.54, 1.807) is 6.08 Å². The van der Waals surface area contributed by atoms with Gasteiger partial charge in [-0.15, -0.1) is 0 Å². The molecule has 7 nitrogen and oxygen atoms in total. The average molecular weight is 422 g/mol. The summed E-state index contributed by atoms with van der Waals surface area (Å²) >= 11 is 3.31. The Kier molecular flexibility index (Phi) is 4.46. The molecule has 1 N–H and O–H groups in total. The van der Waals surface area contributed by atoms with Gasteiger partial charge in [0.05, 0.1) is 17.7 Å². The highest BCUT2D eigenvalue weighted by molar-refractivity contribution is 9.12. The van der Waals surface area contributed by atoms with Crippen molar-refractivity contribution >= 4 is 40.0 Å². The Hall–Kier alpha value is -1.96. The van der Waals surface area contributed by atoms with Crippen LogP contribution < -0.4 is 5.43 Å². The maximum Gasteiger partial charge on any atom is 0.433 e. The first kappa shape index (κ1) is 17.5. The fourth-order valence-electron chi connectivity index (χ4n) is 5.35. The van der Waals surface area contributed by atoms with Gasteiger partial charge in [0.1, 0.15) is 10.7 Å². The Morgan fingerprint density at radius 1 is 1.27 bits per heavy atom. The van der Waals surface area contributed by atoms with Crippen LogP contribution in [0.4, 0.5) is 5.88 Å². The number of hydrogen-bond donors (Lipinski definition) is 1. The van der Waals surface area contributed by atoms with Gasteiger partial charge >= 0.3 is 5.88 Å². The predicted octanol–water partition coefficient (Wildman–Crippen LogP) is 4.24. The van der Waals surface area contributed by atoms with Crippen LogP contribution in [-0.2, 0) is 4.79 Å². The number of nitrogens with zero attached hydrogens (tertiary/aromatic N) is 2. The van der Waals surface area contributed by atoms with Crippen molar-refractivity contribution in [1.29, 1.82) is 0 Å². The summed E-state index contributed by atoms with van der Waals surface area (Å²) in [6.45, 7) is 0. The highest BCUT2D eigenvalue weighted by Crippen LogP contribution is 2.60. The van der Waals surface area contributed by atoms with Crippen LogP contribution in [-0.4, -0.2) is 17.0 Å². The topological polar surface area (TPSA) is 97.7 Å². The molecule has 0 atom stereocenters. The van der Waals surface area contributed by atoms with Crippen LogP contribution in [0.5, 0.6) is 0 Å². The number of hydrazone groups is 1. The van der Waals surface area contributed by atoms with Gasteiger partial charge in [-0.25, -0.2) is 5.43 Å². The molecule has 4 aliphatic rings. The lowest BCUT2D eigenvalue weighted by molar-refractivity contribution is -0.402. The van der Waals surface area contributed by atoms with Gasteiger partial charge < -0.3 is 4.42 Å². The van der Waals surface area contributed by atoms with Crippen molar-refractivity contribution in [2.75, 3.05) is 0 Å². The number of nitro groups is 1. The molecule has 0 spiro atoms. The maximum atomic E-state index is 12.8. The summed E-state index contributed by atoms with van der Waals surface area (Å²) in [4.78, 5) is 22.8. The highest BCUT2D eigenvalue weighted by Gasteiger charge is 2.54. The molecule has 0 aliphatic heterocycles. The molecule has 4 fully saturated rings. The van der Waals surface area contributed by atoms with E-state index in [0.29, 0.717) is 28.0 Å². The second-order valence-electron chi connectivity index (χ2n) is 7.86. The quantitative estimate of drug-likeness (QED) is 0.436. The van der Waals surface area contributed by atoms with Gasteiger partial charge in [-0.3, -0.25) is 14.9 Å². The lowest BCUT2D eigenvalue weighted by atomic mass is 9.49. The highest BCUT2D eigenvalue weighted by atomic mass is 79.9. The number of amides is 1. The number of rotatable bonds is 5. The van der Waals surface area contributed by atoms with Crippen LogP contribution in [0.3, 0.4) is 0 Å². The maximum absolute atomic E-state index is 12.8. The minimum Gasteiger partial charge on any atom is -0.401 e. The third kappa shape index (κ3) is 3.34. The van der Waals surface area contributed by atoms with E-state index in [1.165, 1.54) is 37.6 Å². The minimum absolute atomic E-state index is 0.0294. The first-order valence-corrected chi connectivity index (χ1v) is 9.68. The lowest BCUT2D eigenvalue weighted by Crippen LogP contribution is -2.52. The van der Waals surface area contributed by atoms with Gasteiger partial charge in [0.15, 0.2) is 0 Å². The molecule has 0 saturated heterocycles. The third-order valence-corrected chi connectivity index (χ3v) is 6.38. The van der Waals surface area contributed by atoms with Crippen LogP contribution in [0.25, 0.3) is 6.08 Å². The van der Waals surface area contributed by atoms with Crippen molar-refractivity contribution in [3.05, 3.63) is 32.5 Å². The summed E-state index contributed by atoms with van der Waals surface area (Å²) < 4.78 is 5.60. The van der Waals surface area contributed by atoms with Crippen LogP contribution in [0.15, 0.2) is 26.1 Å². The molecule has 26 heavy (non-hydrogen) atoms. The summed E-state index contributed by atoms with van der Waals surface area (Å²) in [7, 11) is 0. The molecular formula is C18H20BrN3O4. The number of halogens is 1. The Labute approximate surface area is 159 Å². The Bertz CT molecular complexity index is 763. The molecule has 4 aliphatic carbocycles. The molecule has 0 radical (unpaired) electrons. The van der Waals surface area contributed by atoms with E-state index >= 15 is 0 Å². The smallest absolute Gasteiger partial charge is 0.401 e. The fourth-order valence-corrected chi connectivity index (χ4v) is 5.68. The van der Waals surface area contributed by atoms with Crippen molar-refractivity contribution in [1.82, 2.24) is 5.43 Å². The van der Waals surface area contributed by atoms with E-state index < -0.39 is 4.92 Å². The van der Waals surface area contributed by atoms with Crippen LogP contribution >= 0.6 is 15.9 Å². The first-order chi connectivity index (χ1) is 12.4. The third-order valence-electron chi connectivity index (χ3n) is 5.95. The van der Waals surface area contributed by atoms with Gasteiger partial charge in [-0.1, -0.05) is 0 Å². The van der Waals surface area contributed by atoms with Gasteiger partial charge in [0.25, 0.3) is 0 Å². The van der Waals surface area contributed by atoms with Crippen LogP contribution in [0, 0.1) is 33.3 Å². The number of nitrogens with one attached hydrogen (secondary N) is 1. The molecule has 4 saturated carbocycles. The molecule has 1 aromatic heterocycles. The van der Waals surface area contributed by atoms with Crippen molar-refractivity contribution in [3.8, 4) is 0 Å². The minimum atomic E-state index is -0.592. The molecule has 8 heteroatoms. The van der Waals surface area contributed by atoms with E-state index in [1.807, 2.05) is 0 Å². The number of carbonyl (C=O) groups excluding carboxylic acids is 1. The van der Waals surface area contributed by atoms with Gasteiger partial charge in [0, 0.05) is 4.48 Å². The molecule has 4 bridgehead atoms. The molecule has 1 aromatic rings. The zero-order valence-electron chi connectivity index (χ0n) is 14.2. The number of furan rings is 1. The fraction of sp³-hybridized carbons (Fsp3) is 0.556. The summed E-state index contributed by atoms with van der Waals surface area (Å²) in [5.74, 6) is 2.17. The molecule has 138 valence electrons. The van der Waals surface area contributed by atoms with Crippen LogP contribution in [0.1, 0.15) is 44.3 Å². The SMILES string of the molecule is O=C(N/N=C/C(Br)=C/c1ccc([N+](=O)[O-])o1)C12CC3CC(CC(C3)C1)C2. The summed E-state index contributed by atoms with van der Waals surface area (Å²) in [5, 5.41) is 14.7. The second kappa shape index (κ2) is 6.64. The summed E-state index contributed by atoms with van der Waals surface area (Å²) in [5.41, 5.74) is 2.47. The summed E-state index contributed by atoms with van der Waals surface area (Å²) in [6, 6.07) is 2.79. The van der Waals surface area contributed by atoms with Crippen molar-refractivity contribution in [3.63, 3.8) is 0 Å².